The number of hydrogen-bond donors (Lipinski definition) is 1. The van der Waals surface area contributed by atoms with Crippen LogP contribution in [0.3, 0.4) is 0 Å². The van der Waals surface area contributed by atoms with Crippen LogP contribution in [-0.4, -0.2) is 9.78 Å². The molecule has 2 aromatic rings. The molecule has 0 aliphatic heterocycles. The maximum Gasteiger partial charge on any atom is 0.127 e. The number of rotatable bonds is 2. The van der Waals surface area contributed by atoms with Crippen LogP contribution in [-0.2, 0) is 0 Å². The van der Waals surface area contributed by atoms with E-state index in [0.29, 0.717) is 5.92 Å². The second-order valence-electron chi connectivity index (χ2n) is 5.68. The van der Waals surface area contributed by atoms with Crippen LogP contribution in [0.1, 0.15) is 48.4 Å². The molecule has 3 heteroatoms. The molecular formula is C16H21N3. The zero-order chi connectivity index (χ0) is 13.4. The molecular weight excluding hydrogens is 234 g/mol. The zero-order valence-electron chi connectivity index (χ0n) is 11.7. The summed E-state index contributed by atoms with van der Waals surface area (Å²) in [6.45, 7) is 4.20. The molecule has 1 aliphatic carbocycles. The molecule has 1 aliphatic rings. The second-order valence-corrected chi connectivity index (χ2v) is 5.68. The van der Waals surface area contributed by atoms with Crippen molar-refractivity contribution in [3.05, 3.63) is 41.1 Å². The van der Waals surface area contributed by atoms with Crippen LogP contribution in [0.25, 0.3) is 5.69 Å². The molecule has 0 atom stereocenters. The Morgan fingerprint density at radius 3 is 2.63 bits per heavy atom. The fourth-order valence-corrected chi connectivity index (χ4v) is 2.98. The highest BCUT2D eigenvalue weighted by Gasteiger charge is 2.21. The van der Waals surface area contributed by atoms with Crippen LogP contribution in [0, 0.1) is 13.8 Å². The molecule has 1 aromatic carbocycles. The van der Waals surface area contributed by atoms with E-state index in [2.05, 4.69) is 38.1 Å². The molecule has 1 heterocycles. The molecule has 100 valence electrons. The van der Waals surface area contributed by atoms with Crippen molar-refractivity contribution in [2.45, 2.75) is 45.4 Å². The lowest BCUT2D eigenvalue weighted by Crippen LogP contribution is -2.04. The summed E-state index contributed by atoms with van der Waals surface area (Å²) in [5, 5.41) is 4.76. The minimum Gasteiger partial charge on any atom is -0.384 e. The number of nitrogens with two attached hydrogens (primary N) is 1. The highest BCUT2D eigenvalue weighted by atomic mass is 15.3. The van der Waals surface area contributed by atoms with Crippen molar-refractivity contribution in [3.8, 4) is 5.69 Å². The van der Waals surface area contributed by atoms with Gasteiger partial charge >= 0.3 is 0 Å². The molecule has 3 rings (SSSR count). The minimum absolute atomic E-state index is 0.605. The molecule has 1 saturated carbocycles. The van der Waals surface area contributed by atoms with Gasteiger partial charge in [-0.2, -0.15) is 5.10 Å². The monoisotopic (exact) mass is 255 g/mol. The molecule has 0 saturated heterocycles. The van der Waals surface area contributed by atoms with Gasteiger partial charge in [0.25, 0.3) is 0 Å². The van der Waals surface area contributed by atoms with Crippen molar-refractivity contribution in [1.82, 2.24) is 9.78 Å². The van der Waals surface area contributed by atoms with E-state index in [0.717, 1.165) is 17.2 Å². The molecule has 3 nitrogen and oxygen atoms in total. The number of nitrogens with zero attached hydrogens (tertiary/aromatic N) is 2. The Morgan fingerprint density at radius 1 is 1.16 bits per heavy atom. The number of benzene rings is 1. The van der Waals surface area contributed by atoms with Gasteiger partial charge in [0.2, 0.25) is 0 Å². The summed E-state index contributed by atoms with van der Waals surface area (Å²) in [7, 11) is 0. The third kappa shape index (κ3) is 2.25. The van der Waals surface area contributed by atoms with Gasteiger partial charge in [0.05, 0.1) is 11.4 Å². The van der Waals surface area contributed by atoms with E-state index in [1.807, 2.05) is 4.68 Å². The van der Waals surface area contributed by atoms with Crippen LogP contribution in [0.4, 0.5) is 5.82 Å². The number of hydrogen-bond acceptors (Lipinski definition) is 2. The van der Waals surface area contributed by atoms with Gasteiger partial charge in [-0.1, -0.05) is 25.0 Å². The van der Waals surface area contributed by atoms with Gasteiger partial charge in [-0.15, -0.1) is 0 Å². The third-order valence-corrected chi connectivity index (χ3v) is 4.12. The lowest BCUT2D eigenvalue weighted by Gasteiger charge is -2.09. The van der Waals surface area contributed by atoms with E-state index < -0.39 is 0 Å². The first kappa shape index (κ1) is 12.3. The van der Waals surface area contributed by atoms with Gasteiger partial charge in [0.1, 0.15) is 5.82 Å². The first-order chi connectivity index (χ1) is 9.15. The molecule has 0 amide bonds. The summed E-state index contributed by atoms with van der Waals surface area (Å²) in [4.78, 5) is 0. The predicted octanol–water partition coefficient (Wildman–Crippen LogP) is 3.73. The minimum atomic E-state index is 0.605. The highest BCUT2D eigenvalue weighted by molar-refractivity contribution is 5.49. The quantitative estimate of drug-likeness (QED) is 0.888. The fourth-order valence-electron chi connectivity index (χ4n) is 2.98. The van der Waals surface area contributed by atoms with Crippen LogP contribution in [0.2, 0.25) is 0 Å². The lowest BCUT2D eigenvalue weighted by atomic mass is 10.1. The lowest BCUT2D eigenvalue weighted by molar-refractivity contribution is 0.679. The molecule has 1 aromatic heterocycles. The van der Waals surface area contributed by atoms with Gasteiger partial charge in [-0.3, -0.25) is 0 Å². The summed E-state index contributed by atoms with van der Waals surface area (Å²) in [6, 6.07) is 8.45. The Morgan fingerprint density at radius 2 is 1.89 bits per heavy atom. The molecule has 1 fully saturated rings. The normalized spacial score (nSPS) is 16.1. The average Bonchev–Trinajstić information content (AvgIpc) is 3.01. The molecule has 0 radical (unpaired) electrons. The van der Waals surface area contributed by atoms with Gasteiger partial charge in [0.15, 0.2) is 0 Å². The van der Waals surface area contributed by atoms with E-state index in [9.17, 15) is 0 Å². The van der Waals surface area contributed by atoms with E-state index in [1.54, 1.807) is 0 Å². The Bertz CT molecular complexity index is 592. The van der Waals surface area contributed by atoms with Gasteiger partial charge in [0, 0.05) is 12.0 Å². The Hall–Kier alpha value is -1.77. The van der Waals surface area contributed by atoms with Crippen LogP contribution < -0.4 is 5.73 Å². The number of aromatic nitrogens is 2. The van der Waals surface area contributed by atoms with Gasteiger partial charge < -0.3 is 5.73 Å². The molecule has 19 heavy (non-hydrogen) atoms. The predicted molar refractivity (Wildman–Crippen MR) is 78.7 cm³/mol. The average molecular weight is 255 g/mol. The largest absolute Gasteiger partial charge is 0.384 e. The maximum absolute atomic E-state index is 6.16. The smallest absolute Gasteiger partial charge is 0.127 e. The van der Waals surface area contributed by atoms with Crippen molar-refractivity contribution in [3.63, 3.8) is 0 Å². The standard InChI is InChI=1S/C16H21N3/c1-11-7-8-12(2)15(9-11)19-16(17)10-14(18-19)13-5-3-4-6-13/h7-10,13H,3-6,17H2,1-2H3. The Kier molecular flexibility index (Phi) is 3.05. The zero-order valence-corrected chi connectivity index (χ0v) is 11.7. The second kappa shape index (κ2) is 4.72. The topological polar surface area (TPSA) is 43.8 Å². The summed E-state index contributed by atoms with van der Waals surface area (Å²) in [5.74, 6) is 1.35. The van der Waals surface area contributed by atoms with Crippen molar-refractivity contribution in [2.75, 3.05) is 5.73 Å². The molecule has 0 bridgehead atoms. The summed E-state index contributed by atoms with van der Waals surface area (Å²) in [5.41, 5.74) is 10.9. The van der Waals surface area contributed by atoms with E-state index in [4.69, 9.17) is 10.8 Å². The van der Waals surface area contributed by atoms with E-state index >= 15 is 0 Å². The van der Waals surface area contributed by atoms with Crippen molar-refractivity contribution in [2.24, 2.45) is 0 Å². The van der Waals surface area contributed by atoms with Crippen LogP contribution in [0.5, 0.6) is 0 Å². The Labute approximate surface area is 114 Å². The number of nitrogen functional groups attached to an aromatic ring is 1. The Balaban J connectivity index is 2.02. The van der Waals surface area contributed by atoms with Crippen LogP contribution in [0.15, 0.2) is 24.3 Å². The fraction of sp³-hybridized carbons (Fsp3) is 0.438. The molecule has 2 N–H and O–H groups in total. The summed E-state index contributed by atoms with van der Waals surface area (Å²) in [6.07, 6.45) is 5.15. The summed E-state index contributed by atoms with van der Waals surface area (Å²) < 4.78 is 1.90. The van der Waals surface area contributed by atoms with Crippen molar-refractivity contribution < 1.29 is 0 Å². The summed E-state index contributed by atoms with van der Waals surface area (Å²) >= 11 is 0. The van der Waals surface area contributed by atoms with Crippen molar-refractivity contribution >= 4 is 5.82 Å². The maximum atomic E-state index is 6.16. The van der Waals surface area contributed by atoms with Crippen molar-refractivity contribution in [1.29, 1.82) is 0 Å². The van der Waals surface area contributed by atoms with Gasteiger partial charge in [-0.05, 0) is 43.9 Å². The van der Waals surface area contributed by atoms with E-state index in [1.165, 1.54) is 36.8 Å². The first-order valence-corrected chi connectivity index (χ1v) is 7.08. The number of aryl methyl sites for hydroxylation is 2. The molecule has 0 unspecified atom stereocenters. The molecule has 0 spiro atoms. The third-order valence-electron chi connectivity index (χ3n) is 4.12. The van der Waals surface area contributed by atoms with Crippen LogP contribution >= 0.6 is 0 Å². The SMILES string of the molecule is Cc1ccc(C)c(-n2nc(C3CCCC3)cc2N)c1. The highest BCUT2D eigenvalue weighted by Crippen LogP contribution is 2.34. The van der Waals surface area contributed by atoms with Gasteiger partial charge in [-0.25, -0.2) is 4.68 Å². The first-order valence-electron chi connectivity index (χ1n) is 7.08. The number of anilines is 1. The van der Waals surface area contributed by atoms with E-state index in [-0.39, 0.29) is 0 Å².